The Bertz CT molecular complexity index is 3440. The zero-order chi connectivity index (χ0) is 60.6. The quantitative estimate of drug-likeness (QED) is 0.0394. The van der Waals surface area contributed by atoms with Crippen molar-refractivity contribution in [2.24, 2.45) is 0 Å². The van der Waals surface area contributed by atoms with Gasteiger partial charge in [0.2, 0.25) is 11.9 Å². The molecule has 2 atom stereocenters. The molecule has 4 aromatic heterocycles. The van der Waals surface area contributed by atoms with E-state index in [1.165, 1.54) is 24.8 Å². The van der Waals surface area contributed by atoms with Gasteiger partial charge < -0.3 is 35.2 Å². The van der Waals surface area contributed by atoms with Gasteiger partial charge in [0.25, 0.3) is 0 Å². The van der Waals surface area contributed by atoms with E-state index < -0.39 is 54.9 Å². The minimum absolute atomic E-state index is 0. The van der Waals surface area contributed by atoms with Gasteiger partial charge in [-0.25, -0.2) is 52.8 Å². The number of benzene rings is 4. The van der Waals surface area contributed by atoms with Crippen molar-refractivity contribution < 1.29 is 51.1 Å². The average Bonchev–Trinajstić information content (AvgIpc) is 1.98. The van der Waals surface area contributed by atoms with E-state index in [-0.39, 0.29) is 62.7 Å². The molecule has 2 aliphatic heterocycles. The topological polar surface area (TPSA) is 275 Å². The highest BCUT2D eigenvalue weighted by Crippen LogP contribution is 2.56. The van der Waals surface area contributed by atoms with Gasteiger partial charge >= 0.3 is 19.9 Å². The van der Waals surface area contributed by atoms with Crippen LogP contribution < -0.4 is 21.3 Å². The molecule has 0 bridgehead atoms. The lowest BCUT2D eigenvalue weighted by atomic mass is 9.98. The Balaban J connectivity index is 0.000000315. The highest BCUT2D eigenvalue weighted by molar-refractivity contribution is 7.48. The third-order valence-electron chi connectivity index (χ3n) is 13.0. The molecule has 8 aromatic rings. The molecule has 4 aromatic carbocycles. The van der Waals surface area contributed by atoms with Crippen molar-refractivity contribution in [3.8, 4) is 22.3 Å². The number of carbonyl (C=O) groups excluding carboxylic acids is 2. The fourth-order valence-electron chi connectivity index (χ4n) is 9.09. The Kier molecular flexibility index (Phi) is 25.5. The third kappa shape index (κ3) is 17.3. The fraction of sp³-hybridized carbons (Fsp3) is 0.419. The highest BCUT2D eigenvalue weighted by atomic mass is 31.2. The van der Waals surface area contributed by atoms with E-state index >= 15 is 8.78 Å². The summed E-state index contributed by atoms with van der Waals surface area (Å²) in [6.45, 7) is 20.0. The zero-order valence-corrected chi connectivity index (χ0v) is 50.0. The molecule has 2 saturated heterocycles. The Hall–Kier alpha value is -7.63. The average molecular weight is 1210 g/mol. The number of halogens is 2. The van der Waals surface area contributed by atoms with E-state index in [4.69, 9.17) is 23.0 Å². The van der Waals surface area contributed by atoms with E-state index in [0.717, 1.165) is 24.0 Å². The second-order valence-electron chi connectivity index (χ2n) is 20.0. The third-order valence-corrected chi connectivity index (χ3v) is 14.5. The van der Waals surface area contributed by atoms with Crippen LogP contribution in [0.3, 0.4) is 0 Å². The van der Waals surface area contributed by atoms with Gasteiger partial charge in [-0.15, -0.1) is 0 Å². The first-order valence-corrected chi connectivity index (χ1v) is 29.7. The number of ether oxygens (including phenoxy) is 2. The maximum atomic E-state index is 16.4. The first-order chi connectivity index (χ1) is 40.4. The number of imidazole rings is 2. The minimum Gasteiger partial charge on any atom is -0.382 e. The van der Waals surface area contributed by atoms with E-state index in [0.29, 0.717) is 83.5 Å². The van der Waals surface area contributed by atoms with E-state index in [9.17, 15) is 19.3 Å². The van der Waals surface area contributed by atoms with Gasteiger partial charge in [-0.1, -0.05) is 103 Å². The van der Waals surface area contributed by atoms with E-state index in [2.05, 4.69) is 61.1 Å². The molecule has 0 spiro atoms. The normalized spacial score (nSPS) is 14.7. The molecule has 0 aliphatic carbocycles. The Morgan fingerprint density at radius 1 is 0.651 bits per heavy atom. The Labute approximate surface area is 502 Å². The van der Waals surface area contributed by atoms with Crippen molar-refractivity contribution in [2.45, 2.75) is 146 Å². The summed E-state index contributed by atoms with van der Waals surface area (Å²) < 4.78 is 75.4. The van der Waals surface area contributed by atoms with Crippen LogP contribution >= 0.6 is 7.82 Å². The van der Waals surface area contributed by atoms with Crippen molar-refractivity contribution in [3.63, 3.8) is 0 Å². The number of aromatic nitrogens is 8. The molecule has 0 radical (unpaired) electrons. The molecule has 86 heavy (non-hydrogen) atoms. The van der Waals surface area contributed by atoms with Crippen LogP contribution in [0.5, 0.6) is 0 Å². The fourth-order valence-corrected chi connectivity index (χ4v) is 10.5. The van der Waals surface area contributed by atoms with Gasteiger partial charge in [0.15, 0.2) is 11.6 Å². The van der Waals surface area contributed by atoms with Crippen LogP contribution in [-0.2, 0) is 52.0 Å². The highest BCUT2D eigenvalue weighted by Gasteiger charge is 2.39. The van der Waals surface area contributed by atoms with Gasteiger partial charge in [-0.05, 0) is 90.5 Å². The molecule has 4 amide bonds. The predicted octanol–water partition coefficient (Wildman–Crippen LogP) is 14.6. The van der Waals surface area contributed by atoms with Gasteiger partial charge in [-0.3, -0.25) is 24.2 Å². The molecule has 0 saturated carbocycles. The number of hydrogen-bond acceptors (Lipinski definition) is 15. The summed E-state index contributed by atoms with van der Waals surface area (Å²) in [6, 6.07) is 20.9. The summed E-state index contributed by atoms with van der Waals surface area (Å²) in [5.41, 5.74) is 2.88. The maximum absolute atomic E-state index is 16.4. The van der Waals surface area contributed by atoms with Crippen molar-refractivity contribution in [1.29, 1.82) is 0 Å². The van der Waals surface area contributed by atoms with Crippen LogP contribution in [0, 0.1) is 11.6 Å². The number of phosphoric ester groups is 1. The summed E-state index contributed by atoms with van der Waals surface area (Å²) in [6.07, 6.45) is 7.89. The summed E-state index contributed by atoms with van der Waals surface area (Å²) in [7, 11) is -4.17. The number of phosphoric acid groups is 1. The van der Waals surface area contributed by atoms with Crippen LogP contribution in [0.4, 0.5) is 30.3 Å². The summed E-state index contributed by atoms with van der Waals surface area (Å²) in [5, 5.41) is 20.6. The number of H-pyrrole nitrogens is 2. The van der Waals surface area contributed by atoms with Crippen LogP contribution in [0.1, 0.15) is 156 Å². The van der Waals surface area contributed by atoms with Crippen molar-refractivity contribution in [1.82, 2.24) is 50.5 Å². The molecule has 7 N–H and O–H groups in total. The molecule has 6 heterocycles. The lowest BCUT2D eigenvalue weighted by Gasteiger charge is -2.28. The molecular formula is C62H83F2N12O9P. The maximum Gasteiger partial charge on any atom is 0.476 e. The van der Waals surface area contributed by atoms with Crippen LogP contribution in [0.2, 0.25) is 0 Å². The standard InChI is InChI=1S/C35H38FN6O6P.C21H25FN6O3.2C2H6.2CH4/c1-4-37-34(43)42-33-40-27-18-26(30(36)29(31(27)41-33)28-16-11-17-45-28)25-19-38-32(39-20-25)35(2,3)48-49(44,46-21-23-12-7-5-8-13-23)47-22-24-14-9-6-10-15-24;1-4-23-20(29)28-19-26-13-8-12(11-9-24-18(25-10-11)21(2,3)30)16(22)15(17(13)27-19)14-6-5-7-31-14;2*1-2;;/h5-10,12-15,18-20,28H,4,11,16-17,21-22H2,1-3H3,(H3,37,40,41,42,43);8-10,14,30H,4-7H2,1-3H3,(H3,23,26,27,28,29);2*1-2H3;2*1H4/t28-;14-;;;;/m11..../s1. The second-order valence-corrected chi connectivity index (χ2v) is 21.5. The summed E-state index contributed by atoms with van der Waals surface area (Å²) in [4.78, 5) is 56.4. The van der Waals surface area contributed by atoms with Crippen molar-refractivity contribution in [2.75, 3.05) is 36.9 Å². The van der Waals surface area contributed by atoms with Gasteiger partial charge in [0, 0.05) is 84.5 Å². The minimum atomic E-state index is -4.17. The molecule has 21 nitrogen and oxygen atoms in total. The number of aromatic amines is 2. The number of urea groups is 2. The number of anilines is 2. The van der Waals surface area contributed by atoms with Gasteiger partial charge in [0.1, 0.15) is 22.8 Å². The second kappa shape index (κ2) is 31.7. The van der Waals surface area contributed by atoms with Gasteiger partial charge in [-0.2, -0.15) is 0 Å². The predicted molar refractivity (Wildman–Crippen MR) is 331 cm³/mol. The molecule has 464 valence electrons. The molecule has 10 rings (SSSR count). The number of fused-ring (bicyclic) bond motifs is 2. The summed E-state index contributed by atoms with van der Waals surface area (Å²) >= 11 is 0. The van der Waals surface area contributed by atoms with Crippen LogP contribution in [0.15, 0.2) is 97.6 Å². The van der Waals surface area contributed by atoms with E-state index in [1.807, 2.05) is 88.4 Å². The number of nitrogens with one attached hydrogen (secondary N) is 6. The first kappa shape index (κ1) is 69.1. The molecule has 24 heteroatoms. The van der Waals surface area contributed by atoms with Crippen LogP contribution in [0.25, 0.3) is 44.3 Å². The molecule has 0 unspecified atom stereocenters. The number of rotatable bonds is 18. The van der Waals surface area contributed by atoms with Crippen molar-refractivity contribution in [3.05, 3.63) is 143 Å². The molecular weight excluding hydrogens is 1130 g/mol. The Morgan fingerprint density at radius 3 is 1.38 bits per heavy atom. The number of hydrogen-bond donors (Lipinski definition) is 7. The molecule has 2 aliphatic rings. The van der Waals surface area contributed by atoms with E-state index in [1.54, 1.807) is 53.7 Å². The Morgan fingerprint density at radius 2 is 1.03 bits per heavy atom. The number of amides is 4. The lowest BCUT2D eigenvalue weighted by molar-refractivity contribution is 0.0188. The number of nitrogens with zero attached hydrogens (tertiary/aromatic N) is 6. The summed E-state index contributed by atoms with van der Waals surface area (Å²) in [5.74, 6) is -0.169. The van der Waals surface area contributed by atoms with Gasteiger partial charge in [0.05, 0.1) is 47.5 Å². The number of aliphatic hydroxyl groups is 1. The zero-order valence-electron chi connectivity index (χ0n) is 49.1. The smallest absolute Gasteiger partial charge is 0.382 e. The largest absolute Gasteiger partial charge is 0.476 e. The first-order valence-electron chi connectivity index (χ1n) is 28.2. The van der Waals surface area contributed by atoms with Crippen LogP contribution in [-0.4, -0.2) is 83.3 Å². The molecule has 2 fully saturated rings. The van der Waals surface area contributed by atoms with Crippen molar-refractivity contribution >= 4 is 53.8 Å². The SMILES string of the molecule is C.C.CC.CC.CCNC(=O)Nc1nc2c([C@H]3CCCO3)c(F)c(-c3cnc(C(C)(C)O)nc3)cc2[nH]1.CCNC(=O)Nc1nc2c([C@H]3CCCO3)c(F)c(-c3cnc(C(C)(C)OP(=O)(OCc4ccccc4)OCc4ccccc4)nc3)cc2[nH]1. The monoisotopic (exact) mass is 1210 g/mol. The lowest BCUT2D eigenvalue weighted by Crippen LogP contribution is -2.28. The number of carbonyl (C=O) groups is 2.